The summed E-state index contributed by atoms with van der Waals surface area (Å²) in [5, 5.41) is 3.01. The zero-order chi connectivity index (χ0) is 13.8. The molecule has 1 fully saturated rings. The van der Waals surface area contributed by atoms with Crippen molar-refractivity contribution < 1.29 is 9.53 Å². The van der Waals surface area contributed by atoms with E-state index in [4.69, 9.17) is 10.5 Å². The van der Waals surface area contributed by atoms with Gasteiger partial charge in [-0.2, -0.15) is 0 Å². The number of carbonyl (C=O) groups excluding carboxylic acids is 1. The lowest BCUT2D eigenvalue weighted by atomic mass is 10.1. The number of aryl methyl sites for hydroxylation is 1. The summed E-state index contributed by atoms with van der Waals surface area (Å²) >= 11 is 0. The molecule has 1 amide bonds. The van der Waals surface area contributed by atoms with Gasteiger partial charge in [0.1, 0.15) is 6.10 Å². The fourth-order valence-corrected chi connectivity index (χ4v) is 2.40. The molecule has 0 aliphatic carbocycles. The minimum absolute atomic E-state index is 0.00655. The Balaban J connectivity index is 1.92. The highest BCUT2D eigenvalue weighted by Crippen LogP contribution is 2.20. The van der Waals surface area contributed by atoms with Crippen LogP contribution in [0.25, 0.3) is 0 Å². The van der Waals surface area contributed by atoms with E-state index in [1.807, 2.05) is 32.0 Å². The predicted molar refractivity (Wildman–Crippen MR) is 74.7 cm³/mol. The summed E-state index contributed by atoms with van der Waals surface area (Å²) in [6, 6.07) is 8.15. The number of nitrogens with one attached hydrogen (secondary N) is 1. The van der Waals surface area contributed by atoms with Gasteiger partial charge in [0.2, 0.25) is 5.91 Å². The molecule has 0 saturated carbocycles. The first kappa shape index (κ1) is 14.0. The molecule has 3 N–H and O–H groups in total. The van der Waals surface area contributed by atoms with Crippen LogP contribution in [0.2, 0.25) is 0 Å². The van der Waals surface area contributed by atoms with Crippen LogP contribution in [0.1, 0.15) is 36.9 Å². The van der Waals surface area contributed by atoms with E-state index in [2.05, 4.69) is 11.4 Å². The van der Waals surface area contributed by atoms with Crippen LogP contribution in [0.5, 0.6) is 0 Å². The number of rotatable bonds is 4. The lowest BCUT2D eigenvalue weighted by Gasteiger charge is -2.18. The van der Waals surface area contributed by atoms with Crippen LogP contribution in [0.3, 0.4) is 0 Å². The molecule has 4 heteroatoms. The van der Waals surface area contributed by atoms with Crippen molar-refractivity contribution in [3.05, 3.63) is 35.4 Å². The Morgan fingerprint density at radius 1 is 1.53 bits per heavy atom. The maximum atomic E-state index is 12.1. The van der Waals surface area contributed by atoms with Crippen molar-refractivity contribution in [1.29, 1.82) is 0 Å². The van der Waals surface area contributed by atoms with Crippen LogP contribution in [-0.4, -0.2) is 24.7 Å². The second-order valence-electron chi connectivity index (χ2n) is 5.20. The summed E-state index contributed by atoms with van der Waals surface area (Å²) in [4.78, 5) is 12.1. The van der Waals surface area contributed by atoms with Gasteiger partial charge in [-0.25, -0.2) is 0 Å². The minimum atomic E-state index is -0.346. The molecule has 1 aromatic rings. The van der Waals surface area contributed by atoms with Crippen LogP contribution in [0, 0.1) is 6.92 Å². The summed E-state index contributed by atoms with van der Waals surface area (Å²) in [6.45, 7) is 4.52. The normalized spacial score (nSPS) is 24.2. The lowest BCUT2D eigenvalue weighted by Crippen LogP contribution is -2.37. The Labute approximate surface area is 114 Å². The van der Waals surface area contributed by atoms with E-state index in [1.54, 1.807) is 0 Å². The van der Waals surface area contributed by atoms with Crippen LogP contribution >= 0.6 is 0 Å². The zero-order valence-corrected chi connectivity index (χ0v) is 11.6. The van der Waals surface area contributed by atoms with Crippen molar-refractivity contribution in [3.63, 3.8) is 0 Å². The first-order chi connectivity index (χ1) is 9.10. The SMILES string of the molecule is Cc1cccc([C@@H](C)NC(=O)C2CCC(CN)O2)c1. The molecule has 1 aliphatic rings. The van der Waals surface area contributed by atoms with Crippen LogP contribution in [0.4, 0.5) is 0 Å². The van der Waals surface area contributed by atoms with Gasteiger partial charge in [-0.15, -0.1) is 0 Å². The van der Waals surface area contributed by atoms with Crippen molar-refractivity contribution in [1.82, 2.24) is 5.32 Å². The third-order valence-corrected chi connectivity index (χ3v) is 3.56. The highest BCUT2D eigenvalue weighted by molar-refractivity contribution is 5.81. The molecule has 2 rings (SSSR count). The van der Waals surface area contributed by atoms with Gasteiger partial charge in [0, 0.05) is 6.54 Å². The molecule has 3 atom stereocenters. The number of nitrogens with two attached hydrogens (primary N) is 1. The van der Waals surface area contributed by atoms with E-state index in [0.717, 1.165) is 18.4 Å². The maximum Gasteiger partial charge on any atom is 0.249 e. The monoisotopic (exact) mass is 262 g/mol. The van der Waals surface area contributed by atoms with E-state index in [-0.39, 0.29) is 24.2 Å². The predicted octanol–water partition coefficient (Wildman–Crippen LogP) is 1.68. The van der Waals surface area contributed by atoms with E-state index in [9.17, 15) is 4.79 Å². The van der Waals surface area contributed by atoms with Gasteiger partial charge in [-0.05, 0) is 32.3 Å². The Hall–Kier alpha value is -1.39. The molecular weight excluding hydrogens is 240 g/mol. The molecule has 0 bridgehead atoms. The molecule has 0 radical (unpaired) electrons. The van der Waals surface area contributed by atoms with Gasteiger partial charge in [0.25, 0.3) is 0 Å². The van der Waals surface area contributed by atoms with Crippen LogP contribution in [-0.2, 0) is 9.53 Å². The second-order valence-corrected chi connectivity index (χ2v) is 5.20. The smallest absolute Gasteiger partial charge is 0.249 e. The molecule has 19 heavy (non-hydrogen) atoms. The Kier molecular flexibility index (Phi) is 4.56. The average molecular weight is 262 g/mol. The van der Waals surface area contributed by atoms with Crippen LogP contribution < -0.4 is 11.1 Å². The molecule has 1 heterocycles. The zero-order valence-electron chi connectivity index (χ0n) is 11.6. The third-order valence-electron chi connectivity index (χ3n) is 3.56. The molecule has 2 unspecified atom stereocenters. The number of ether oxygens (including phenoxy) is 1. The van der Waals surface area contributed by atoms with E-state index in [1.165, 1.54) is 5.56 Å². The van der Waals surface area contributed by atoms with Gasteiger partial charge in [0.05, 0.1) is 12.1 Å². The highest BCUT2D eigenvalue weighted by atomic mass is 16.5. The quantitative estimate of drug-likeness (QED) is 0.867. The van der Waals surface area contributed by atoms with Gasteiger partial charge in [-0.1, -0.05) is 29.8 Å². The first-order valence-electron chi connectivity index (χ1n) is 6.82. The molecule has 0 spiro atoms. The number of hydrogen-bond donors (Lipinski definition) is 2. The summed E-state index contributed by atoms with van der Waals surface area (Å²) in [5.41, 5.74) is 7.85. The lowest BCUT2D eigenvalue weighted by molar-refractivity contribution is -0.132. The van der Waals surface area contributed by atoms with Crippen molar-refractivity contribution >= 4 is 5.91 Å². The fraction of sp³-hybridized carbons (Fsp3) is 0.533. The number of benzene rings is 1. The minimum Gasteiger partial charge on any atom is -0.364 e. The van der Waals surface area contributed by atoms with E-state index in [0.29, 0.717) is 6.54 Å². The van der Waals surface area contributed by atoms with Crippen molar-refractivity contribution in [2.45, 2.75) is 44.9 Å². The largest absolute Gasteiger partial charge is 0.364 e. The molecule has 0 aromatic heterocycles. The molecular formula is C15H22N2O2. The van der Waals surface area contributed by atoms with Gasteiger partial charge < -0.3 is 15.8 Å². The average Bonchev–Trinajstić information content (AvgIpc) is 2.87. The molecule has 4 nitrogen and oxygen atoms in total. The number of hydrogen-bond acceptors (Lipinski definition) is 3. The first-order valence-corrected chi connectivity index (χ1v) is 6.82. The van der Waals surface area contributed by atoms with Crippen molar-refractivity contribution in [2.24, 2.45) is 5.73 Å². The molecule has 1 aliphatic heterocycles. The summed E-state index contributed by atoms with van der Waals surface area (Å²) in [6.07, 6.45) is 1.31. The van der Waals surface area contributed by atoms with E-state index >= 15 is 0 Å². The fourth-order valence-electron chi connectivity index (χ4n) is 2.40. The Morgan fingerprint density at radius 2 is 2.32 bits per heavy atom. The van der Waals surface area contributed by atoms with Gasteiger partial charge in [-0.3, -0.25) is 4.79 Å². The summed E-state index contributed by atoms with van der Waals surface area (Å²) in [7, 11) is 0. The molecule has 1 aromatic carbocycles. The number of amides is 1. The third kappa shape index (κ3) is 3.55. The molecule has 1 saturated heterocycles. The van der Waals surface area contributed by atoms with Crippen molar-refractivity contribution in [2.75, 3.05) is 6.54 Å². The van der Waals surface area contributed by atoms with E-state index < -0.39 is 0 Å². The van der Waals surface area contributed by atoms with Crippen LogP contribution in [0.15, 0.2) is 24.3 Å². The summed E-state index contributed by atoms with van der Waals surface area (Å²) in [5.74, 6) is -0.0371. The van der Waals surface area contributed by atoms with Gasteiger partial charge >= 0.3 is 0 Å². The second kappa shape index (κ2) is 6.17. The highest BCUT2D eigenvalue weighted by Gasteiger charge is 2.30. The number of carbonyl (C=O) groups is 1. The van der Waals surface area contributed by atoms with Crippen molar-refractivity contribution in [3.8, 4) is 0 Å². The Morgan fingerprint density at radius 3 is 2.95 bits per heavy atom. The summed E-state index contributed by atoms with van der Waals surface area (Å²) < 4.78 is 5.60. The maximum absolute atomic E-state index is 12.1. The standard InChI is InChI=1S/C15H22N2O2/c1-10-4-3-5-12(8-10)11(2)17-15(18)14-7-6-13(9-16)19-14/h3-5,8,11,13-14H,6-7,9,16H2,1-2H3,(H,17,18)/t11-,13?,14?/m1/s1. The Bertz CT molecular complexity index is 448. The molecule has 104 valence electrons. The topological polar surface area (TPSA) is 64.4 Å². The van der Waals surface area contributed by atoms with Gasteiger partial charge in [0.15, 0.2) is 0 Å².